The van der Waals surface area contributed by atoms with Crippen molar-refractivity contribution in [1.29, 1.82) is 0 Å². The van der Waals surface area contributed by atoms with Crippen LogP contribution < -0.4 is 4.74 Å². The highest BCUT2D eigenvalue weighted by atomic mass is 19.1. The van der Waals surface area contributed by atoms with Crippen molar-refractivity contribution in [2.24, 2.45) is 0 Å². The Balaban J connectivity index is 2.30. The van der Waals surface area contributed by atoms with Crippen LogP contribution in [0.3, 0.4) is 0 Å². The second-order valence-corrected chi connectivity index (χ2v) is 2.72. The molecule has 0 saturated carbocycles. The van der Waals surface area contributed by atoms with Gasteiger partial charge in [0.25, 0.3) is 0 Å². The van der Waals surface area contributed by atoms with E-state index in [1.54, 1.807) is 6.07 Å². The number of hydrogen-bond acceptors (Lipinski definition) is 2. The number of rotatable bonds is 2. The zero-order valence-electron chi connectivity index (χ0n) is 6.71. The van der Waals surface area contributed by atoms with Gasteiger partial charge in [0.2, 0.25) is 0 Å². The van der Waals surface area contributed by atoms with E-state index in [2.05, 4.69) is 0 Å². The zero-order chi connectivity index (χ0) is 8.55. The third-order valence-corrected chi connectivity index (χ3v) is 1.88. The lowest BCUT2D eigenvalue weighted by molar-refractivity contribution is 0.383. The maximum Gasteiger partial charge on any atom is 0.165 e. The van der Waals surface area contributed by atoms with Crippen LogP contribution in [-0.2, 0) is 4.74 Å². The molecule has 2 rings (SSSR count). The van der Waals surface area contributed by atoms with Crippen molar-refractivity contribution in [3.8, 4) is 5.75 Å². The molecule has 0 aliphatic carbocycles. The Labute approximate surface area is 69.9 Å². The van der Waals surface area contributed by atoms with Crippen molar-refractivity contribution in [1.82, 2.24) is 0 Å². The van der Waals surface area contributed by atoms with Crippen LogP contribution in [0.4, 0.5) is 4.39 Å². The van der Waals surface area contributed by atoms with E-state index in [0.717, 1.165) is 5.56 Å². The summed E-state index contributed by atoms with van der Waals surface area (Å²) >= 11 is 0. The summed E-state index contributed by atoms with van der Waals surface area (Å²) in [5.41, 5.74) is 0.883. The molecule has 1 aliphatic rings. The highest BCUT2D eigenvalue weighted by Crippen LogP contribution is 2.31. The molecule has 1 aromatic rings. The summed E-state index contributed by atoms with van der Waals surface area (Å²) in [6.45, 7) is 0.700. The molecule has 3 heteroatoms. The second kappa shape index (κ2) is 2.75. The smallest absolute Gasteiger partial charge is 0.165 e. The van der Waals surface area contributed by atoms with E-state index >= 15 is 0 Å². The molecular formula is C9H9FO2. The lowest BCUT2D eigenvalue weighted by Gasteiger charge is -2.02. The molecule has 1 fully saturated rings. The fourth-order valence-corrected chi connectivity index (χ4v) is 1.12. The molecule has 1 heterocycles. The molecule has 1 aliphatic heterocycles. The number of halogens is 1. The van der Waals surface area contributed by atoms with Gasteiger partial charge in [0.1, 0.15) is 6.10 Å². The van der Waals surface area contributed by atoms with E-state index in [0.29, 0.717) is 6.61 Å². The Morgan fingerprint density at radius 1 is 1.58 bits per heavy atom. The highest BCUT2D eigenvalue weighted by Gasteiger charge is 2.25. The standard InChI is InChI=1S/C9H9FO2/c1-11-8-3-2-6(4-7(8)10)9-5-12-9/h2-4,9H,5H2,1H3/t9-/m0/s1. The Kier molecular flexibility index (Phi) is 1.73. The maximum absolute atomic E-state index is 13.1. The first kappa shape index (κ1) is 7.55. The van der Waals surface area contributed by atoms with Gasteiger partial charge in [-0.25, -0.2) is 4.39 Å². The van der Waals surface area contributed by atoms with Gasteiger partial charge in [0, 0.05) is 0 Å². The van der Waals surface area contributed by atoms with Crippen LogP contribution in [0.2, 0.25) is 0 Å². The first-order valence-electron chi connectivity index (χ1n) is 3.76. The van der Waals surface area contributed by atoms with Gasteiger partial charge >= 0.3 is 0 Å². The average Bonchev–Trinajstić information content (AvgIpc) is 2.86. The maximum atomic E-state index is 13.1. The molecule has 0 N–H and O–H groups in total. The van der Waals surface area contributed by atoms with Crippen LogP contribution in [0.15, 0.2) is 18.2 Å². The Morgan fingerprint density at radius 3 is 2.83 bits per heavy atom. The predicted octanol–water partition coefficient (Wildman–Crippen LogP) is 1.91. The minimum atomic E-state index is -0.328. The summed E-state index contributed by atoms with van der Waals surface area (Å²) in [7, 11) is 1.45. The summed E-state index contributed by atoms with van der Waals surface area (Å²) in [4.78, 5) is 0. The number of methoxy groups -OCH3 is 1. The lowest BCUT2D eigenvalue weighted by atomic mass is 10.1. The first-order valence-corrected chi connectivity index (χ1v) is 3.76. The van der Waals surface area contributed by atoms with Gasteiger partial charge in [-0.3, -0.25) is 0 Å². The summed E-state index contributed by atoms with van der Waals surface area (Å²) in [6.07, 6.45) is 0.102. The SMILES string of the molecule is COc1ccc([C@@H]2CO2)cc1F. The minimum Gasteiger partial charge on any atom is -0.494 e. The van der Waals surface area contributed by atoms with E-state index in [4.69, 9.17) is 9.47 Å². The number of benzene rings is 1. The fourth-order valence-electron chi connectivity index (χ4n) is 1.12. The zero-order valence-corrected chi connectivity index (χ0v) is 6.71. The van der Waals surface area contributed by atoms with Gasteiger partial charge < -0.3 is 9.47 Å². The monoisotopic (exact) mass is 168 g/mol. The number of ether oxygens (including phenoxy) is 2. The molecule has 0 amide bonds. The van der Waals surface area contributed by atoms with Gasteiger partial charge in [-0.05, 0) is 17.7 Å². The Morgan fingerprint density at radius 2 is 2.33 bits per heavy atom. The van der Waals surface area contributed by atoms with Crippen molar-refractivity contribution in [2.45, 2.75) is 6.10 Å². The molecule has 12 heavy (non-hydrogen) atoms. The Bertz CT molecular complexity index is 295. The van der Waals surface area contributed by atoms with Crippen molar-refractivity contribution < 1.29 is 13.9 Å². The molecular weight excluding hydrogens is 159 g/mol. The average molecular weight is 168 g/mol. The summed E-state index contributed by atoms with van der Waals surface area (Å²) in [6, 6.07) is 4.89. The lowest BCUT2D eigenvalue weighted by Crippen LogP contribution is -1.89. The van der Waals surface area contributed by atoms with Gasteiger partial charge in [-0.2, -0.15) is 0 Å². The number of epoxide rings is 1. The Hall–Kier alpha value is -1.09. The van der Waals surface area contributed by atoms with Crippen molar-refractivity contribution in [3.05, 3.63) is 29.6 Å². The molecule has 0 unspecified atom stereocenters. The summed E-state index contributed by atoms with van der Waals surface area (Å²) in [5, 5.41) is 0. The largest absolute Gasteiger partial charge is 0.494 e. The van der Waals surface area contributed by atoms with Gasteiger partial charge in [-0.15, -0.1) is 0 Å². The van der Waals surface area contributed by atoms with Gasteiger partial charge in [-0.1, -0.05) is 6.07 Å². The van der Waals surface area contributed by atoms with E-state index in [-0.39, 0.29) is 17.7 Å². The third kappa shape index (κ3) is 1.28. The van der Waals surface area contributed by atoms with E-state index in [1.165, 1.54) is 13.2 Å². The van der Waals surface area contributed by atoms with Crippen LogP contribution in [0, 0.1) is 5.82 Å². The molecule has 0 spiro atoms. The van der Waals surface area contributed by atoms with Crippen molar-refractivity contribution in [3.63, 3.8) is 0 Å². The summed E-state index contributed by atoms with van der Waals surface area (Å²) < 4.78 is 22.9. The molecule has 1 atom stereocenters. The minimum absolute atomic E-state index is 0.102. The van der Waals surface area contributed by atoms with E-state index in [1.807, 2.05) is 6.07 Å². The quantitative estimate of drug-likeness (QED) is 0.629. The van der Waals surface area contributed by atoms with Crippen molar-refractivity contribution in [2.75, 3.05) is 13.7 Å². The predicted molar refractivity (Wildman–Crippen MR) is 41.6 cm³/mol. The van der Waals surface area contributed by atoms with Crippen LogP contribution in [-0.4, -0.2) is 13.7 Å². The highest BCUT2D eigenvalue weighted by molar-refractivity contribution is 5.31. The molecule has 0 radical (unpaired) electrons. The molecule has 64 valence electrons. The fraction of sp³-hybridized carbons (Fsp3) is 0.333. The van der Waals surface area contributed by atoms with Crippen LogP contribution in [0.25, 0.3) is 0 Å². The molecule has 1 aromatic carbocycles. The van der Waals surface area contributed by atoms with Gasteiger partial charge in [0.15, 0.2) is 11.6 Å². The summed E-state index contributed by atoms with van der Waals surface area (Å²) in [5.74, 6) is -0.0510. The third-order valence-electron chi connectivity index (χ3n) is 1.88. The van der Waals surface area contributed by atoms with E-state index < -0.39 is 0 Å². The molecule has 0 bridgehead atoms. The molecule has 0 aromatic heterocycles. The van der Waals surface area contributed by atoms with Gasteiger partial charge in [0.05, 0.1) is 13.7 Å². The van der Waals surface area contributed by atoms with Crippen LogP contribution in [0.1, 0.15) is 11.7 Å². The molecule has 2 nitrogen and oxygen atoms in total. The first-order chi connectivity index (χ1) is 5.81. The van der Waals surface area contributed by atoms with E-state index in [9.17, 15) is 4.39 Å². The number of hydrogen-bond donors (Lipinski definition) is 0. The molecule has 1 saturated heterocycles. The topological polar surface area (TPSA) is 21.8 Å². The second-order valence-electron chi connectivity index (χ2n) is 2.72. The van der Waals surface area contributed by atoms with Crippen LogP contribution in [0.5, 0.6) is 5.75 Å². The van der Waals surface area contributed by atoms with Crippen LogP contribution >= 0.6 is 0 Å². The normalized spacial score (nSPS) is 20.7. The van der Waals surface area contributed by atoms with Crippen molar-refractivity contribution >= 4 is 0 Å².